The monoisotopic (exact) mass is 371 g/mol. The number of nitrogens with zero attached hydrogens (tertiary/aromatic N) is 2. The predicted octanol–water partition coefficient (Wildman–Crippen LogP) is 3.62. The van der Waals surface area contributed by atoms with Crippen LogP contribution in [-0.4, -0.2) is 27.6 Å². The minimum absolute atomic E-state index is 0.00823. The van der Waals surface area contributed by atoms with Crippen LogP contribution in [0.1, 0.15) is 43.2 Å². The molecule has 0 atom stereocenters. The summed E-state index contributed by atoms with van der Waals surface area (Å²) in [6, 6.07) is 3.68. The molecule has 2 rings (SSSR count). The van der Waals surface area contributed by atoms with Crippen molar-refractivity contribution in [2.45, 2.75) is 32.7 Å². The number of rotatable bonds is 3. The molecule has 0 bridgehead atoms. The molecular formula is C16H17F4N5O. The Labute approximate surface area is 146 Å². The zero-order valence-electron chi connectivity index (χ0n) is 14.2. The van der Waals surface area contributed by atoms with Gasteiger partial charge in [-0.25, -0.2) is 17.6 Å². The number of hydrogen-bond donors (Lipinski definition) is 3. The van der Waals surface area contributed by atoms with Crippen LogP contribution < -0.4 is 10.6 Å². The van der Waals surface area contributed by atoms with Gasteiger partial charge in [0.1, 0.15) is 5.69 Å². The standard InChI is InChI=1S/C16H17F4N5O/c1-16(2,3)23-15(21-12-7-11(13(19)20)24-25-12)22-14(26)8-4-5-9(17)10(18)6-8/h4-7,13H,1-3H3,(H3,21,22,23,24,25,26). The fourth-order valence-electron chi connectivity index (χ4n) is 1.87. The number of guanidine groups is 1. The van der Waals surface area contributed by atoms with E-state index in [9.17, 15) is 22.4 Å². The molecule has 10 heteroatoms. The molecule has 0 aliphatic carbocycles. The number of aromatic amines is 1. The van der Waals surface area contributed by atoms with Crippen molar-refractivity contribution in [1.29, 1.82) is 0 Å². The third-order valence-electron chi connectivity index (χ3n) is 2.95. The first-order chi connectivity index (χ1) is 12.0. The lowest BCUT2D eigenvalue weighted by atomic mass is 10.1. The van der Waals surface area contributed by atoms with E-state index in [4.69, 9.17) is 0 Å². The topological polar surface area (TPSA) is 82.2 Å². The summed E-state index contributed by atoms with van der Waals surface area (Å²) in [6.45, 7) is 5.34. The molecule has 0 aliphatic heterocycles. The molecule has 0 saturated heterocycles. The van der Waals surface area contributed by atoms with Gasteiger partial charge in [-0.05, 0) is 39.0 Å². The molecule has 1 heterocycles. The number of benzene rings is 1. The summed E-state index contributed by atoms with van der Waals surface area (Å²) in [5, 5.41) is 11.3. The van der Waals surface area contributed by atoms with E-state index in [-0.39, 0.29) is 17.3 Å². The minimum atomic E-state index is -2.74. The number of amides is 1. The fourth-order valence-corrected chi connectivity index (χ4v) is 1.87. The first-order valence-corrected chi connectivity index (χ1v) is 7.52. The lowest BCUT2D eigenvalue weighted by Crippen LogP contribution is -2.44. The van der Waals surface area contributed by atoms with Crippen molar-refractivity contribution in [3.05, 3.63) is 47.2 Å². The maximum Gasteiger partial charge on any atom is 0.280 e. The maximum atomic E-state index is 13.3. The van der Waals surface area contributed by atoms with Gasteiger partial charge in [-0.2, -0.15) is 10.1 Å². The van der Waals surface area contributed by atoms with Gasteiger partial charge in [0.2, 0.25) is 5.96 Å². The summed E-state index contributed by atoms with van der Waals surface area (Å²) in [7, 11) is 0. The van der Waals surface area contributed by atoms with Crippen molar-refractivity contribution >= 4 is 17.7 Å². The quantitative estimate of drug-likeness (QED) is 0.437. The molecule has 1 aromatic heterocycles. The Balaban J connectivity index is 2.28. The van der Waals surface area contributed by atoms with Gasteiger partial charge in [-0.15, -0.1) is 0 Å². The average Bonchev–Trinajstić information content (AvgIpc) is 2.97. The number of anilines is 1. The highest BCUT2D eigenvalue weighted by Crippen LogP contribution is 2.18. The Hall–Kier alpha value is -2.91. The van der Waals surface area contributed by atoms with Crippen LogP contribution >= 0.6 is 0 Å². The Morgan fingerprint density at radius 2 is 1.88 bits per heavy atom. The molecule has 1 amide bonds. The van der Waals surface area contributed by atoms with E-state index >= 15 is 0 Å². The van der Waals surface area contributed by atoms with Gasteiger partial charge in [0, 0.05) is 17.2 Å². The third kappa shape index (κ3) is 5.30. The number of nitrogens with one attached hydrogen (secondary N) is 3. The van der Waals surface area contributed by atoms with Crippen LogP contribution in [0.5, 0.6) is 0 Å². The van der Waals surface area contributed by atoms with Crippen LogP contribution in [0.25, 0.3) is 0 Å². The number of alkyl halides is 2. The van der Waals surface area contributed by atoms with Crippen molar-refractivity contribution in [3.8, 4) is 0 Å². The molecule has 6 nitrogen and oxygen atoms in total. The molecule has 0 aliphatic rings. The average molecular weight is 371 g/mol. The van der Waals surface area contributed by atoms with Crippen molar-refractivity contribution in [3.63, 3.8) is 0 Å². The Kier molecular flexibility index (Phi) is 5.63. The number of carbonyl (C=O) groups excluding carboxylic acids is 1. The van der Waals surface area contributed by atoms with Crippen LogP contribution in [0.3, 0.4) is 0 Å². The molecule has 0 fully saturated rings. The number of carbonyl (C=O) groups is 1. The van der Waals surface area contributed by atoms with Crippen molar-refractivity contribution in [2.24, 2.45) is 4.99 Å². The van der Waals surface area contributed by atoms with Crippen LogP contribution in [0.15, 0.2) is 29.3 Å². The highest BCUT2D eigenvalue weighted by Gasteiger charge is 2.18. The zero-order chi connectivity index (χ0) is 19.5. The highest BCUT2D eigenvalue weighted by atomic mass is 19.3. The van der Waals surface area contributed by atoms with E-state index < -0.39 is 35.2 Å². The second-order valence-electron chi connectivity index (χ2n) is 6.40. The predicted molar refractivity (Wildman–Crippen MR) is 88.2 cm³/mol. The van der Waals surface area contributed by atoms with Gasteiger partial charge in [0.05, 0.1) is 0 Å². The summed E-state index contributed by atoms with van der Waals surface area (Å²) < 4.78 is 51.5. The SMILES string of the molecule is CC(C)(C)N/C(=N/C(=O)c1ccc(F)c(F)c1)Nc1cc(C(F)F)[nH]n1. The molecule has 0 radical (unpaired) electrons. The van der Waals surface area contributed by atoms with E-state index in [1.54, 1.807) is 20.8 Å². The summed E-state index contributed by atoms with van der Waals surface area (Å²) in [4.78, 5) is 16.0. The molecule has 0 saturated carbocycles. The second-order valence-corrected chi connectivity index (χ2v) is 6.40. The lowest BCUT2D eigenvalue weighted by Gasteiger charge is -2.23. The maximum absolute atomic E-state index is 13.3. The van der Waals surface area contributed by atoms with Gasteiger partial charge >= 0.3 is 0 Å². The van der Waals surface area contributed by atoms with Crippen molar-refractivity contribution in [2.75, 3.05) is 5.32 Å². The van der Waals surface area contributed by atoms with Crippen molar-refractivity contribution < 1.29 is 22.4 Å². The normalized spacial score (nSPS) is 12.4. The van der Waals surface area contributed by atoms with E-state index in [0.29, 0.717) is 0 Å². The molecule has 0 unspecified atom stereocenters. The van der Waals surface area contributed by atoms with Crippen LogP contribution in [0.4, 0.5) is 23.4 Å². The Bertz CT molecular complexity index is 826. The number of H-pyrrole nitrogens is 1. The van der Waals surface area contributed by atoms with E-state index in [1.165, 1.54) is 0 Å². The van der Waals surface area contributed by atoms with Gasteiger partial charge in [-0.3, -0.25) is 9.89 Å². The summed E-state index contributed by atoms with van der Waals surface area (Å²) in [6.07, 6.45) is -2.74. The third-order valence-corrected chi connectivity index (χ3v) is 2.95. The summed E-state index contributed by atoms with van der Waals surface area (Å²) in [5.74, 6) is -3.20. The summed E-state index contributed by atoms with van der Waals surface area (Å²) in [5.41, 5.74) is -1.12. The molecule has 0 spiro atoms. The number of halogens is 4. The molecule has 3 N–H and O–H groups in total. The fraction of sp³-hybridized carbons (Fsp3) is 0.312. The summed E-state index contributed by atoms with van der Waals surface area (Å²) >= 11 is 0. The molecule has 2 aromatic rings. The van der Waals surface area contributed by atoms with Crippen LogP contribution in [0.2, 0.25) is 0 Å². The van der Waals surface area contributed by atoms with Gasteiger partial charge < -0.3 is 10.6 Å². The van der Waals surface area contributed by atoms with Crippen molar-refractivity contribution in [1.82, 2.24) is 15.5 Å². The largest absolute Gasteiger partial charge is 0.351 e. The smallest absolute Gasteiger partial charge is 0.280 e. The molecule has 1 aromatic carbocycles. The molecular weight excluding hydrogens is 354 g/mol. The number of hydrogen-bond acceptors (Lipinski definition) is 2. The van der Waals surface area contributed by atoms with Gasteiger partial charge in [0.25, 0.3) is 12.3 Å². The first-order valence-electron chi connectivity index (χ1n) is 7.52. The lowest BCUT2D eigenvalue weighted by molar-refractivity contribution is 0.100. The molecule has 140 valence electrons. The number of aromatic nitrogens is 2. The van der Waals surface area contributed by atoms with E-state index in [1.807, 2.05) is 0 Å². The minimum Gasteiger partial charge on any atom is -0.351 e. The molecule has 26 heavy (non-hydrogen) atoms. The van der Waals surface area contributed by atoms with Crippen LogP contribution in [0, 0.1) is 11.6 Å². The Morgan fingerprint density at radius 3 is 2.42 bits per heavy atom. The zero-order valence-corrected chi connectivity index (χ0v) is 14.2. The van der Waals surface area contributed by atoms with E-state index in [2.05, 4.69) is 25.8 Å². The number of aliphatic imine (C=N–C) groups is 1. The van der Waals surface area contributed by atoms with Gasteiger partial charge in [-0.1, -0.05) is 0 Å². The van der Waals surface area contributed by atoms with E-state index in [0.717, 1.165) is 24.3 Å². The Morgan fingerprint density at radius 1 is 1.19 bits per heavy atom. The first kappa shape index (κ1) is 19.4. The highest BCUT2D eigenvalue weighted by molar-refractivity contribution is 6.06. The second kappa shape index (κ2) is 7.54. The van der Waals surface area contributed by atoms with Crippen LogP contribution in [-0.2, 0) is 0 Å². The van der Waals surface area contributed by atoms with Gasteiger partial charge in [0.15, 0.2) is 17.5 Å².